The molecule has 0 atom stereocenters. The van der Waals surface area contributed by atoms with E-state index in [1.807, 2.05) is 19.1 Å². The minimum Gasteiger partial charge on any atom is -0.396 e. The largest absolute Gasteiger partial charge is 0.433 e. The van der Waals surface area contributed by atoms with Crippen LogP contribution in [0.2, 0.25) is 0 Å². The molecule has 0 radical (unpaired) electrons. The highest BCUT2D eigenvalue weighted by Gasteiger charge is 2.32. The number of hydrogen-bond acceptors (Lipinski definition) is 3. The first-order valence-corrected chi connectivity index (χ1v) is 6.09. The predicted molar refractivity (Wildman–Crippen MR) is 72.8 cm³/mol. The number of nitrogen functional groups attached to an aromatic ring is 1. The van der Waals surface area contributed by atoms with Crippen molar-refractivity contribution in [2.24, 2.45) is 0 Å². The van der Waals surface area contributed by atoms with Gasteiger partial charge in [-0.15, -0.1) is 0 Å². The number of aromatic nitrogens is 1. The van der Waals surface area contributed by atoms with Crippen LogP contribution in [-0.4, -0.2) is 4.98 Å². The molecule has 6 heteroatoms. The number of rotatable bonds is 3. The Balaban J connectivity index is 2.27. The Morgan fingerprint density at radius 3 is 2.40 bits per heavy atom. The van der Waals surface area contributed by atoms with Crippen molar-refractivity contribution < 1.29 is 13.2 Å². The van der Waals surface area contributed by atoms with E-state index in [9.17, 15) is 13.2 Å². The molecular weight excluding hydrogens is 267 g/mol. The van der Waals surface area contributed by atoms with Gasteiger partial charge in [0.15, 0.2) is 0 Å². The van der Waals surface area contributed by atoms with E-state index >= 15 is 0 Å². The Labute approximate surface area is 114 Å². The fourth-order valence-corrected chi connectivity index (χ4v) is 1.71. The lowest BCUT2D eigenvalue weighted by Crippen LogP contribution is -2.09. The van der Waals surface area contributed by atoms with Crippen LogP contribution in [0, 0.1) is 0 Å². The molecule has 1 aromatic carbocycles. The minimum absolute atomic E-state index is 0.164. The van der Waals surface area contributed by atoms with Crippen molar-refractivity contribution in [2.75, 3.05) is 11.1 Å². The monoisotopic (exact) mass is 281 g/mol. The lowest BCUT2D eigenvalue weighted by Gasteiger charge is -2.12. The zero-order valence-corrected chi connectivity index (χ0v) is 10.8. The summed E-state index contributed by atoms with van der Waals surface area (Å²) in [5, 5.41) is 2.87. The van der Waals surface area contributed by atoms with E-state index in [1.54, 1.807) is 12.1 Å². The highest BCUT2D eigenvalue weighted by Crippen LogP contribution is 2.32. The lowest BCUT2D eigenvalue weighted by molar-refractivity contribution is -0.141. The molecule has 0 aliphatic carbocycles. The SMILES string of the molecule is CCc1ccc(Nc2cc(C(F)(F)F)ncc2N)cc1. The minimum atomic E-state index is -4.49. The van der Waals surface area contributed by atoms with Gasteiger partial charge in [0, 0.05) is 5.69 Å². The van der Waals surface area contributed by atoms with Gasteiger partial charge < -0.3 is 11.1 Å². The molecule has 0 unspecified atom stereocenters. The normalized spacial score (nSPS) is 11.4. The maximum atomic E-state index is 12.6. The van der Waals surface area contributed by atoms with Crippen molar-refractivity contribution in [1.82, 2.24) is 4.98 Å². The number of nitrogens with two attached hydrogens (primary N) is 1. The first-order chi connectivity index (χ1) is 9.40. The Morgan fingerprint density at radius 1 is 1.20 bits per heavy atom. The summed E-state index contributed by atoms with van der Waals surface area (Å²) in [6.07, 6.45) is -2.59. The molecule has 0 aliphatic rings. The van der Waals surface area contributed by atoms with Gasteiger partial charge in [0.2, 0.25) is 0 Å². The second-order valence-corrected chi connectivity index (χ2v) is 4.33. The summed E-state index contributed by atoms with van der Waals surface area (Å²) in [7, 11) is 0. The zero-order valence-electron chi connectivity index (χ0n) is 10.8. The summed E-state index contributed by atoms with van der Waals surface area (Å²) in [6.45, 7) is 2.03. The van der Waals surface area contributed by atoms with Gasteiger partial charge in [0.05, 0.1) is 17.6 Å². The number of anilines is 3. The average Bonchev–Trinajstić information content (AvgIpc) is 2.41. The van der Waals surface area contributed by atoms with Crippen LogP contribution < -0.4 is 11.1 Å². The van der Waals surface area contributed by atoms with Gasteiger partial charge in [-0.3, -0.25) is 0 Å². The van der Waals surface area contributed by atoms with Gasteiger partial charge in [0.25, 0.3) is 0 Å². The molecule has 0 fully saturated rings. The van der Waals surface area contributed by atoms with Crippen LogP contribution in [-0.2, 0) is 12.6 Å². The molecule has 0 saturated carbocycles. The third-order valence-electron chi connectivity index (χ3n) is 2.87. The highest BCUT2D eigenvalue weighted by atomic mass is 19.4. The number of nitrogens with zero attached hydrogens (tertiary/aromatic N) is 1. The Hall–Kier alpha value is -2.24. The maximum absolute atomic E-state index is 12.6. The molecule has 0 amide bonds. The van der Waals surface area contributed by atoms with Crippen LogP contribution >= 0.6 is 0 Å². The third kappa shape index (κ3) is 3.20. The molecule has 3 nitrogen and oxygen atoms in total. The summed E-state index contributed by atoms with van der Waals surface area (Å²) in [5.41, 5.74) is 6.85. The first-order valence-electron chi connectivity index (χ1n) is 6.09. The lowest BCUT2D eigenvalue weighted by atomic mass is 10.1. The average molecular weight is 281 g/mol. The number of nitrogens with one attached hydrogen (secondary N) is 1. The molecule has 0 spiro atoms. The van der Waals surface area contributed by atoms with Crippen LogP contribution in [0.1, 0.15) is 18.2 Å². The van der Waals surface area contributed by atoms with E-state index in [-0.39, 0.29) is 11.4 Å². The van der Waals surface area contributed by atoms with E-state index in [0.29, 0.717) is 5.69 Å². The number of hydrogen-bond donors (Lipinski definition) is 2. The fraction of sp³-hybridized carbons (Fsp3) is 0.214. The second kappa shape index (κ2) is 5.40. The van der Waals surface area contributed by atoms with Crippen LogP contribution in [0.3, 0.4) is 0 Å². The molecule has 1 aromatic heterocycles. The van der Waals surface area contributed by atoms with Crippen molar-refractivity contribution in [1.29, 1.82) is 0 Å². The van der Waals surface area contributed by atoms with E-state index < -0.39 is 11.9 Å². The van der Waals surface area contributed by atoms with Crippen molar-refractivity contribution in [3.8, 4) is 0 Å². The van der Waals surface area contributed by atoms with Gasteiger partial charge >= 0.3 is 6.18 Å². The Kier molecular flexibility index (Phi) is 3.83. The van der Waals surface area contributed by atoms with Crippen LogP contribution in [0.15, 0.2) is 36.5 Å². The van der Waals surface area contributed by atoms with E-state index in [4.69, 9.17) is 5.73 Å². The zero-order chi connectivity index (χ0) is 14.8. The molecular formula is C14H14F3N3. The van der Waals surface area contributed by atoms with E-state index in [1.165, 1.54) is 0 Å². The molecule has 20 heavy (non-hydrogen) atoms. The fourth-order valence-electron chi connectivity index (χ4n) is 1.71. The van der Waals surface area contributed by atoms with Crippen molar-refractivity contribution >= 4 is 17.1 Å². The van der Waals surface area contributed by atoms with Gasteiger partial charge in [-0.05, 0) is 30.2 Å². The Bertz CT molecular complexity index is 592. The summed E-state index contributed by atoms with van der Waals surface area (Å²) < 4.78 is 37.8. The van der Waals surface area contributed by atoms with E-state index in [2.05, 4.69) is 10.3 Å². The molecule has 2 aromatic rings. The summed E-state index contributed by atoms with van der Waals surface area (Å²) in [5.74, 6) is 0. The van der Waals surface area contributed by atoms with Crippen LogP contribution in [0.5, 0.6) is 0 Å². The van der Waals surface area contributed by atoms with Gasteiger partial charge in [-0.25, -0.2) is 4.98 Å². The second-order valence-electron chi connectivity index (χ2n) is 4.33. The summed E-state index contributed by atoms with van der Waals surface area (Å²) in [4.78, 5) is 3.29. The van der Waals surface area contributed by atoms with Crippen molar-refractivity contribution in [3.63, 3.8) is 0 Å². The smallest absolute Gasteiger partial charge is 0.396 e. The first kappa shape index (κ1) is 14.2. The number of alkyl halides is 3. The van der Waals surface area contributed by atoms with Gasteiger partial charge in [0.1, 0.15) is 5.69 Å². The summed E-state index contributed by atoms with van der Waals surface area (Å²) in [6, 6.07) is 8.32. The summed E-state index contributed by atoms with van der Waals surface area (Å²) >= 11 is 0. The number of pyridine rings is 1. The highest BCUT2D eigenvalue weighted by molar-refractivity contribution is 5.72. The molecule has 0 saturated heterocycles. The molecule has 0 aliphatic heterocycles. The molecule has 106 valence electrons. The quantitative estimate of drug-likeness (QED) is 0.894. The molecule has 2 rings (SSSR count). The van der Waals surface area contributed by atoms with Crippen LogP contribution in [0.25, 0.3) is 0 Å². The number of benzene rings is 1. The standard InChI is InChI=1S/C14H14F3N3/c1-2-9-3-5-10(6-4-9)20-12-7-13(14(15,16)17)19-8-11(12)18/h3-8H,2,18H2,1H3,(H,19,20). The predicted octanol–water partition coefficient (Wildman–Crippen LogP) is 3.99. The topological polar surface area (TPSA) is 50.9 Å². The Morgan fingerprint density at radius 2 is 1.85 bits per heavy atom. The van der Waals surface area contributed by atoms with Gasteiger partial charge in [-0.1, -0.05) is 19.1 Å². The van der Waals surface area contributed by atoms with Gasteiger partial charge in [-0.2, -0.15) is 13.2 Å². The molecule has 3 N–H and O–H groups in total. The van der Waals surface area contributed by atoms with Crippen LogP contribution in [0.4, 0.5) is 30.2 Å². The number of halogens is 3. The molecule has 1 heterocycles. The number of aryl methyl sites for hydroxylation is 1. The van der Waals surface area contributed by atoms with Crippen molar-refractivity contribution in [2.45, 2.75) is 19.5 Å². The third-order valence-corrected chi connectivity index (χ3v) is 2.87. The van der Waals surface area contributed by atoms with Crippen molar-refractivity contribution in [3.05, 3.63) is 47.8 Å². The molecule has 0 bridgehead atoms. The van der Waals surface area contributed by atoms with E-state index in [0.717, 1.165) is 24.2 Å². The maximum Gasteiger partial charge on any atom is 0.433 e.